The summed E-state index contributed by atoms with van der Waals surface area (Å²) in [5, 5.41) is 14.8. The molecule has 0 saturated carbocycles. The first-order chi connectivity index (χ1) is 13.5. The highest BCUT2D eigenvalue weighted by Gasteiger charge is 2.10. The van der Waals surface area contributed by atoms with E-state index < -0.39 is 18.6 Å². The third kappa shape index (κ3) is 4.85. The number of aromatic nitrogens is 2. The number of carbonyl (C=O) groups excluding carboxylic acids is 2. The molecule has 0 aliphatic rings. The molecule has 1 heterocycles. The number of carbonyl (C=O) groups is 2. The second-order valence-corrected chi connectivity index (χ2v) is 5.99. The van der Waals surface area contributed by atoms with Crippen LogP contribution >= 0.6 is 0 Å². The maximum Gasteiger partial charge on any atom is 0.323 e. The molecule has 0 saturated heterocycles. The zero-order valence-corrected chi connectivity index (χ0v) is 14.8. The van der Waals surface area contributed by atoms with E-state index in [1.807, 2.05) is 6.07 Å². The molecule has 3 rings (SSSR count). The highest BCUT2D eigenvalue weighted by Crippen LogP contribution is 2.16. The van der Waals surface area contributed by atoms with E-state index in [2.05, 4.69) is 26.1 Å². The Morgan fingerprint density at radius 3 is 2.32 bits per heavy atom. The number of nitrogens with one attached hydrogen (secondary N) is 4. The molecule has 0 unspecified atom stereocenters. The lowest BCUT2D eigenvalue weighted by atomic mass is 10.2. The maximum absolute atomic E-state index is 12.7. The third-order valence-corrected chi connectivity index (χ3v) is 3.89. The Balaban J connectivity index is 1.60. The number of nitrogens with zero attached hydrogens (tertiary/aromatic N) is 1. The lowest BCUT2D eigenvalue weighted by molar-refractivity contribution is 0.0996. The van der Waals surface area contributed by atoms with Crippen molar-refractivity contribution >= 4 is 29.0 Å². The number of nitrogens with two attached hydrogens (primary N) is 1. The van der Waals surface area contributed by atoms with Gasteiger partial charge in [0.2, 0.25) is 0 Å². The fourth-order valence-corrected chi connectivity index (χ4v) is 2.59. The number of urea groups is 1. The first-order valence-corrected chi connectivity index (χ1v) is 8.44. The van der Waals surface area contributed by atoms with Gasteiger partial charge in [-0.2, -0.15) is 5.10 Å². The molecule has 0 fully saturated rings. The summed E-state index contributed by atoms with van der Waals surface area (Å²) in [7, 11) is 0. The number of primary amides is 1. The molecule has 28 heavy (non-hydrogen) atoms. The van der Waals surface area contributed by atoms with Crippen LogP contribution in [0.15, 0.2) is 54.7 Å². The van der Waals surface area contributed by atoms with Gasteiger partial charge in [-0.15, -0.1) is 0 Å². The van der Waals surface area contributed by atoms with Crippen molar-refractivity contribution in [3.63, 3.8) is 0 Å². The molecule has 0 bridgehead atoms. The highest BCUT2D eigenvalue weighted by molar-refractivity contribution is 5.99. The van der Waals surface area contributed by atoms with Gasteiger partial charge in [-0.1, -0.05) is 24.3 Å². The van der Waals surface area contributed by atoms with Crippen molar-refractivity contribution in [1.29, 1.82) is 0 Å². The van der Waals surface area contributed by atoms with E-state index in [4.69, 9.17) is 5.73 Å². The smallest absolute Gasteiger partial charge is 0.323 e. The maximum atomic E-state index is 12.7. The van der Waals surface area contributed by atoms with Crippen LogP contribution < -0.4 is 21.7 Å². The van der Waals surface area contributed by atoms with Crippen LogP contribution in [0.3, 0.4) is 0 Å². The number of hydrogen-bond donors (Lipinski definition) is 5. The van der Waals surface area contributed by atoms with Crippen molar-refractivity contribution in [3.05, 3.63) is 71.5 Å². The molecule has 144 valence electrons. The lowest BCUT2D eigenvalue weighted by Crippen LogP contribution is -2.19. The number of alkyl halides is 1. The first kappa shape index (κ1) is 18.9. The molecular weight excluding hydrogens is 363 g/mol. The van der Waals surface area contributed by atoms with E-state index in [0.717, 1.165) is 5.56 Å². The van der Waals surface area contributed by atoms with E-state index >= 15 is 0 Å². The van der Waals surface area contributed by atoms with Crippen molar-refractivity contribution in [2.75, 3.05) is 16.0 Å². The fraction of sp³-hybridized carbons (Fsp3) is 0.105. The van der Waals surface area contributed by atoms with Gasteiger partial charge >= 0.3 is 6.03 Å². The largest absolute Gasteiger partial charge is 0.378 e. The second-order valence-electron chi connectivity index (χ2n) is 5.99. The molecule has 0 spiro atoms. The summed E-state index contributed by atoms with van der Waals surface area (Å²) in [6.07, 6.45) is 1.47. The summed E-state index contributed by atoms with van der Waals surface area (Å²) in [4.78, 5) is 23.5. The van der Waals surface area contributed by atoms with Crippen LogP contribution in [-0.2, 0) is 13.2 Å². The number of benzene rings is 2. The normalized spacial score (nSPS) is 10.3. The average Bonchev–Trinajstić information content (AvgIpc) is 3.16. The Morgan fingerprint density at radius 1 is 1.04 bits per heavy atom. The summed E-state index contributed by atoms with van der Waals surface area (Å²) < 4.78 is 12.7. The van der Waals surface area contributed by atoms with Gasteiger partial charge in [0.25, 0.3) is 5.91 Å². The number of amides is 3. The number of rotatable bonds is 7. The van der Waals surface area contributed by atoms with Crippen LogP contribution in [0.2, 0.25) is 0 Å². The minimum atomic E-state index is -0.607. The average molecular weight is 382 g/mol. The number of H-pyrrole nitrogens is 1. The molecule has 6 N–H and O–H groups in total. The molecule has 9 heteroatoms. The van der Waals surface area contributed by atoms with E-state index in [-0.39, 0.29) is 5.69 Å². The molecule has 0 aliphatic carbocycles. The predicted molar refractivity (Wildman–Crippen MR) is 105 cm³/mol. The second kappa shape index (κ2) is 8.67. The number of hydrogen-bond acceptors (Lipinski definition) is 4. The van der Waals surface area contributed by atoms with Gasteiger partial charge in [0.1, 0.15) is 12.4 Å². The Bertz CT molecular complexity index is 988. The van der Waals surface area contributed by atoms with Crippen molar-refractivity contribution in [3.8, 4) is 0 Å². The molecule has 0 atom stereocenters. The third-order valence-electron chi connectivity index (χ3n) is 3.89. The standard InChI is InChI=1S/C19H19FN6O2/c20-9-12-3-1-5-14(7-12)24-19(28)25-15-6-2-4-13(8-15)10-22-16-11-23-26-17(16)18(21)27/h1-8,11,22H,9-10H2,(H2,21,27)(H,23,26)(H2,24,25,28). The zero-order chi connectivity index (χ0) is 19.9. The van der Waals surface area contributed by atoms with E-state index in [1.165, 1.54) is 6.20 Å². The first-order valence-electron chi connectivity index (χ1n) is 8.44. The quantitative estimate of drug-likeness (QED) is 0.430. The topological polar surface area (TPSA) is 125 Å². The van der Waals surface area contributed by atoms with Gasteiger partial charge in [-0.05, 0) is 35.4 Å². The van der Waals surface area contributed by atoms with Gasteiger partial charge in [-0.25, -0.2) is 9.18 Å². The van der Waals surface area contributed by atoms with Gasteiger partial charge in [-0.3, -0.25) is 9.89 Å². The zero-order valence-electron chi connectivity index (χ0n) is 14.8. The molecule has 2 aromatic carbocycles. The molecule has 3 aromatic rings. The van der Waals surface area contributed by atoms with Gasteiger partial charge in [0, 0.05) is 17.9 Å². The minimum Gasteiger partial charge on any atom is -0.378 e. The van der Waals surface area contributed by atoms with Crippen molar-refractivity contribution in [2.45, 2.75) is 13.2 Å². The van der Waals surface area contributed by atoms with Crippen molar-refractivity contribution in [1.82, 2.24) is 10.2 Å². The van der Waals surface area contributed by atoms with Gasteiger partial charge in [0.15, 0.2) is 0 Å². The summed E-state index contributed by atoms with van der Waals surface area (Å²) in [5.41, 5.74) is 8.40. The van der Waals surface area contributed by atoms with Crippen molar-refractivity contribution < 1.29 is 14.0 Å². The number of halogens is 1. The number of anilines is 3. The molecular formula is C19H19FN6O2. The fourth-order valence-electron chi connectivity index (χ4n) is 2.59. The SMILES string of the molecule is NC(=O)c1[nH]ncc1NCc1cccc(NC(=O)Nc2cccc(CF)c2)c1. The summed E-state index contributed by atoms with van der Waals surface area (Å²) >= 11 is 0. The van der Waals surface area contributed by atoms with Gasteiger partial charge in [0.05, 0.1) is 11.9 Å². The minimum absolute atomic E-state index is 0.198. The van der Waals surface area contributed by atoms with E-state index in [0.29, 0.717) is 29.2 Å². The molecule has 3 amide bonds. The van der Waals surface area contributed by atoms with Crippen LogP contribution in [-0.4, -0.2) is 22.1 Å². The van der Waals surface area contributed by atoms with Crippen LogP contribution in [0.4, 0.5) is 26.2 Å². The van der Waals surface area contributed by atoms with E-state index in [1.54, 1.807) is 42.5 Å². The molecule has 0 aliphatic heterocycles. The number of aromatic amines is 1. The summed E-state index contributed by atoms with van der Waals surface area (Å²) in [6, 6.07) is 13.3. The van der Waals surface area contributed by atoms with Crippen LogP contribution in [0, 0.1) is 0 Å². The monoisotopic (exact) mass is 382 g/mol. The summed E-state index contributed by atoms with van der Waals surface area (Å²) in [6.45, 7) is -0.199. The molecule has 0 radical (unpaired) electrons. The lowest BCUT2D eigenvalue weighted by Gasteiger charge is -2.10. The van der Waals surface area contributed by atoms with E-state index in [9.17, 15) is 14.0 Å². The Labute approximate surface area is 160 Å². The Morgan fingerprint density at radius 2 is 1.68 bits per heavy atom. The van der Waals surface area contributed by atoms with Crippen molar-refractivity contribution in [2.24, 2.45) is 5.73 Å². The van der Waals surface area contributed by atoms with Crippen LogP contribution in [0.5, 0.6) is 0 Å². The van der Waals surface area contributed by atoms with Crippen LogP contribution in [0.25, 0.3) is 0 Å². The highest BCUT2D eigenvalue weighted by atomic mass is 19.1. The summed E-state index contributed by atoms with van der Waals surface area (Å²) in [5.74, 6) is -0.607. The Hall–Kier alpha value is -3.88. The Kier molecular flexibility index (Phi) is 5.85. The molecule has 8 nitrogen and oxygen atoms in total. The van der Waals surface area contributed by atoms with Crippen LogP contribution in [0.1, 0.15) is 21.6 Å². The molecule has 1 aromatic heterocycles. The predicted octanol–water partition coefficient (Wildman–Crippen LogP) is 3.23. The van der Waals surface area contributed by atoms with Gasteiger partial charge < -0.3 is 21.7 Å².